The van der Waals surface area contributed by atoms with E-state index in [0.29, 0.717) is 26.2 Å². The number of amides is 3. The molecule has 0 bridgehead atoms. The van der Waals surface area contributed by atoms with Crippen molar-refractivity contribution in [3.8, 4) is 5.75 Å². The van der Waals surface area contributed by atoms with Gasteiger partial charge in [-0.2, -0.15) is 0 Å². The molecule has 0 unspecified atom stereocenters. The Labute approximate surface area is 228 Å². The zero-order valence-electron chi connectivity index (χ0n) is 23.2. The van der Waals surface area contributed by atoms with Crippen LogP contribution in [0.2, 0.25) is 0 Å². The van der Waals surface area contributed by atoms with Crippen molar-refractivity contribution in [2.75, 3.05) is 37.6 Å². The van der Waals surface area contributed by atoms with Crippen LogP contribution in [0.5, 0.6) is 5.75 Å². The van der Waals surface area contributed by atoms with Gasteiger partial charge in [0.05, 0.1) is 5.52 Å². The van der Waals surface area contributed by atoms with Crippen molar-refractivity contribution >= 4 is 46.1 Å². The summed E-state index contributed by atoms with van der Waals surface area (Å²) >= 11 is 1.21. The number of hydrogen-bond acceptors (Lipinski definition) is 6. The third-order valence-electron chi connectivity index (χ3n) is 6.56. The standard InChI is InChI=1S/C28H38N4O4S.H2O/c1-27(2,3)17-19-18-7-8-20(33)25(24(18)29-26(19)37-28(4,5)6)31-15-13-30(14-16-31)21(34)11-12-32-22(35)9-10-23(32)36;/h7-10,29,33H,11-17H2,1-6H3;1H2. The van der Waals surface area contributed by atoms with Gasteiger partial charge in [0.1, 0.15) is 16.2 Å². The summed E-state index contributed by atoms with van der Waals surface area (Å²) in [7, 11) is 0. The molecule has 3 N–H and O–H groups in total. The quantitative estimate of drug-likeness (QED) is 0.327. The number of phenols is 1. The normalized spacial score (nSPS) is 16.5. The molecule has 2 aromatic rings. The maximum absolute atomic E-state index is 12.8. The highest BCUT2D eigenvalue weighted by Crippen LogP contribution is 2.41. The molecule has 2 aliphatic heterocycles. The van der Waals surface area contributed by atoms with Crippen LogP contribution in [0.3, 0.4) is 0 Å². The van der Waals surface area contributed by atoms with E-state index < -0.39 is 0 Å². The van der Waals surface area contributed by atoms with Crippen molar-refractivity contribution in [1.82, 2.24) is 14.8 Å². The lowest BCUT2D eigenvalue weighted by molar-refractivity contribution is -0.138. The highest BCUT2D eigenvalue weighted by Gasteiger charge is 2.32. The first-order valence-electron chi connectivity index (χ1n) is 12.9. The van der Waals surface area contributed by atoms with Crippen LogP contribution < -0.4 is 4.90 Å². The van der Waals surface area contributed by atoms with Gasteiger partial charge in [-0.3, -0.25) is 19.3 Å². The van der Waals surface area contributed by atoms with Gasteiger partial charge < -0.3 is 25.4 Å². The molecule has 0 radical (unpaired) electrons. The van der Waals surface area contributed by atoms with E-state index in [2.05, 4.69) is 51.4 Å². The molecule has 1 aromatic heterocycles. The number of aromatic amines is 1. The predicted molar refractivity (Wildman–Crippen MR) is 151 cm³/mol. The average Bonchev–Trinajstić information content (AvgIpc) is 3.28. The van der Waals surface area contributed by atoms with E-state index >= 15 is 0 Å². The monoisotopic (exact) mass is 544 g/mol. The Morgan fingerprint density at radius 3 is 2.16 bits per heavy atom. The zero-order valence-corrected chi connectivity index (χ0v) is 24.1. The molecule has 0 atom stereocenters. The number of phenolic OH excluding ortho intramolecular Hbond substituents is 1. The first-order chi connectivity index (χ1) is 17.2. The van der Waals surface area contributed by atoms with Gasteiger partial charge >= 0.3 is 0 Å². The average molecular weight is 545 g/mol. The summed E-state index contributed by atoms with van der Waals surface area (Å²) in [5.74, 6) is -0.581. The number of carbonyl (C=O) groups is 3. The molecule has 2 aliphatic rings. The Balaban J connectivity index is 0.00000400. The highest BCUT2D eigenvalue weighted by molar-refractivity contribution is 7.80. The van der Waals surface area contributed by atoms with Crippen molar-refractivity contribution < 1.29 is 25.0 Å². The SMILES string of the molecule is CC(C)(C)Cc1c([SH+]C(C)(C)C)[nH]c2c(N3CCN(C(=O)CCN4C(=O)C=CC4=O)CC3)c(O)ccc12.[OH-]. The second kappa shape index (κ2) is 11.0. The van der Waals surface area contributed by atoms with Gasteiger partial charge in [0.15, 0.2) is 0 Å². The molecule has 3 heterocycles. The fraction of sp³-hybridized carbons (Fsp3) is 0.536. The first kappa shape index (κ1) is 29.6. The van der Waals surface area contributed by atoms with Gasteiger partial charge in [0.25, 0.3) is 11.8 Å². The summed E-state index contributed by atoms with van der Waals surface area (Å²) in [6, 6.07) is 3.80. The van der Waals surface area contributed by atoms with E-state index in [1.807, 2.05) is 6.07 Å². The van der Waals surface area contributed by atoms with Crippen LogP contribution >= 0.6 is 0 Å². The maximum Gasteiger partial charge on any atom is 0.253 e. The summed E-state index contributed by atoms with van der Waals surface area (Å²) < 4.78 is 0.0854. The Bertz CT molecular complexity index is 1230. The minimum atomic E-state index is -0.367. The molecule has 3 amide bonds. The third kappa shape index (κ3) is 6.53. The van der Waals surface area contributed by atoms with Crippen LogP contribution in [0.4, 0.5) is 5.69 Å². The van der Waals surface area contributed by atoms with Crippen LogP contribution in [-0.2, 0) is 32.6 Å². The second-order valence-corrected chi connectivity index (χ2v) is 14.1. The predicted octanol–water partition coefficient (Wildman–Crippen LogP) is 3.22. The number of benzene rings is 1. The molecule has 1 fully saturated rings. The third-order valence-corrected chi connectivity index (χ3v) is 7.84. The van der Waals surface area contributed by atoms with E-state index in [0.717, 1.165) is 27.9 Å². The Hall–Kier alpha value is -2.98. The first-order valence-corrected chi connectivity index (χ1v) is 13.8. The summed E-state index contributed by atoms with van der Waals surface area (Å²) in [5.41, 5.74) is 3.15. The number of carbonyl (C=O) groups excluding carboxylic acids is 3. The van der Waals surface area contributed by atoms with Crippen LogP contribution in [0.1, 0.15) is 53.5 Å². The molecule has 0 aliphatic carbocycles. The number of piperazine rings is 1. The number of H-pyrrole nitrogens is 1. The van der Waals surface area contributed by atoms with E-state index in [1.54, 1.807) is 11.0 Å². The summed E-state index contributed by atoms with van der Waals surface area (Å²) in [4.78, 5) is 45.0. The maximum atomic E-state index is 12.8. The van der Waals surface area contributed by atoms with E-state index in [1.165, 1.54) is 34.5 Å². The van der Waals surface area contributed by atoms with Crippen molar-refractivity contribution in [1.29, 1.82) is 0 Å². The van der Waals surface area contributed by atoms with E-state index in [-0.39, 0.29) is 52.1 Å². The molecule has 9 nitrogen and oxygen atoms in total. The minimum Gasteiger partial charge on any atom is -0.870 e. The van der Waals surface area contributed by atoms with Crippen LogP contribution in [0, 0.1) is 5.41 Å². The van der Waals surface area contributed by atoms with Gasteiger partial charge in [-0.15, -0.1) is 0 Å². The Morgan fingerprint density at radius 2 is 1.61 bits per heavy atom. The largest absolute Gasteiger partial charge is 0.870 e. The zero-order chi connectivity index (χ0) is 27.1. The second-order valence-electron chi connectivity index (χ2n) is 12.1. The van der Waals surface area contributed by atoms with Crippen LogP contribution in [-0.4, -0.2) is 80.6 Å². The molecular formula is C28H40N4O5S. The fourth-order valence-corrected chi connectivity index (χ4v) is 6.11. The van der Waals surface area contributed by atoms with Crippen molar-refractivity contribution in [3.05, 3.63) is 29.8 Å². The van der Waals surface area contributed by atoms with Crippen molar-refractivity contribution in [2.45, 2.75) is 64.2 Å². The van der Waals surface area contributed by atoms with E-state index in [4.69, 9.17) is 0 Å². The van der Waals surface area contributed by atoms with E-state index in [9.17, 15) is 19.5 Å². The highest BCUT2D eigenvalue weighted by atomic mass is 32.2. The molecule has 1 saturated heterocycles. The number of imide groups is 1. The number of hydrogen-bond donors (Lipinski definition) is 2. The molecule has 38 heavy (non-hydrogen) atoms. The lowest BCUT2D eigenvalue weighted by Gasteiger charge is -2.36. The number of nitrogens with one attached hydrogen (secondary N) is 1. The number of aromatic hydroxyl groups is 1. The summed E-state index contributed by atoms with van der Waals surface area (Å²) in [6.07, 6.45) is 3.51. The number of fused-ring (bicyclic) bond motifs is 1. The Morgan fingerprint density at radius 1 is 1.00 bits per heavy atom. The van der Waals surface area contributed by atoms with Gasteiger partial charge in [0.2, 0.25) is 10.9 Å². The fourth-order valence-electron chi connectivity index (χ4n) is 4.94. The lowest BCUT2D eigenvalue weighted by Crippen LogP contribution is -2.49. The molecule has 0 spiro atoms. The number of nitrogens with zero attached hydrogens (tertiary/aromatic N) is 3. The number of anilines is 1. The lowest BCUT2D eigenvalue weighted by atomic mass is 9.88. The van der Waals surface area contributed by atoms with Gasteiger partial charge in [-0.1, -0.05) is 20.8 Å². The topological polar surface area (TPSA) is 127 Å². The summed E-state index contributed by atoms with van der Waals surface area (Å²) in [5, 5.41) is 13.3. The van der Waals surface area contributed by atoms with Crippen molar-refractivity contribution in [3.63, 3.8) is 0 Å². The van der Waals surface area contributed by atoms with Crippen LogP contribution in [0.15, 0.2) is 29.3 Å². The molecule has 4 rings (SSSR count). The molecule has 208 valence electrons. The van der Waals surface area contributed by atoms with Gasteiger partial charge in [-0.25, -0.2) is 0 Å². The Kier molecular flexibility index (Phi) is 8.58. The van der Waals surface area contributed by atoms with Gasteiger partial charge in [0, 0.05) is 74.0 Å². The molecule has 0 saturated carbocycles. The molecule has 10 heteroatoms. The number of aromatic nitrogens is 1. The van der Waals surface area contributed by atoms with Gasteiger partial charge in [-0.05, 0) is 44.7 Å². The number of thiol groups is 1. The van der Waals surface area contributed by atoms with Crippen LogP contribution in [0.25, 0.3) is 10.9 Å². The molecule has 1 aromatic carbocycles. The summed E-state index contributed by atoms with van der Waals surface area (Å²) in [6.45, 7) is 15.7. The van der Waals surface area contributed by atoms with Crippen molar-refractivity contribution in [2.24, 2.45) is 5.41 Å². The number of rotatable bonds is 6. The molecular weight excluding hydrogens is 504 g/mol. The smallest absolute Gasteiger partial charge is 0.253 e. The minimum absolute atomic E-state index is 0.